The molecule has 102 valence electrons. The summed E-state index contributed by atoms with van der Waals surface area (Å²) < 4.78 is 15.5. The van der Waals surface area contributed by atoms with E-state index in [1.165, 1.54) is 6.07 Å². The summed E-state index contributed by atoms with van der Waals surface area (Å²) in [6, 6.07) is 4.08. The van der Waals surface area contributed by atoms with Crippen LogP contribution in [0, 0.1) is 12.7 Å². The minimum atomic E-state index is -0.400. The first kappa shape index (κ1) is 13.5. The molecule has 19 heavy (non-hydrogen) atoms. The number of hydrogen-bond donors (Lipinski definition) is 2. The molecule has 4 nitrogen and oxygen atoms in total. The van der Waals surface area contributed by atoms with Gasteiger partial charge in [-0.1, -0.05) is 6.07 Å². The standard InChI is InChI=1S/C14H18FN3O/c1-9(13-5-4-12(19)6-14(13)15)16-7-11-8-17-18(3)10(11)2/h4-6,8-9,16,19H,7H2,1-3H3. The molecule has 0 saturated carbocycles. The van der Waals surface area contributed by atoms with Crippen molar-refractivity contribution in [2.75, 3.05) is 0 Å². The van der Waals surface area contributed by atoms with E-state index in [0.717, 1.165) is 17.3 Å². The van der Waals surface area contributed by atoms with Gasteiger partial charge in [-0.15, -0.1) is 0 Å². The van der Waals surface area contributed by atoms with Crippen molar-refractivity contribution >= 4 is 0 Å². The van der Waals surface area contributed by atoms with Crippen LogP contribution in [-0.4, -0.2) is 14.9 Å². The Morgan fingerprint density at radius 1 is 1.47 bits per heavy atom. The number of hydrogen-bond acceptors (Lipinski definition) is 3. The van der Waals surface area contributed by atoms with Gasteiger partial charge in [0.05, 0.1) is 6.20 Å². The van der Waals surface area contributed by atoms with Gasteiger partial charge in [0.1, 0.15) is 11.6 Å². The number of aromatic hydroxyl groups is 1. The minimum Gasteiger partial charge on any atom is -0.508 e. The Morgan fingerprint density at radius 2 is 2.21 bits per heavy atom. The Morgan fingerprint density at radius 3 is 2.79 bits per heavy atom. The third kappa shape index (κ3) is 2.93. The zero-order valence-electron chi connectivity index (χ0n) is 11.3. The molecular formula is C14H18FN3O. The first-order chi connectivity index (χ1) is 8.99. The number of benzene rings is 1. The topological polar surface area (TPSA) is 50.1 Å². The second-order valence-corrected chi connectivity index (χ2v) is 4.69. The van der Waals surface area contributed by atoms with E-state index in [4.69, 9.17) is 0 Å². The molecule has 1 atom stereocenters. The largest absolute Gasteiger partial charge is 0.508 e. The summed E-state index contributed by atoms with van der Waals surface area (Å²) in [5.74, 6) is -0.459. The summed E-state index contributed by atoms with van der Waals surface area (Å²) in [4.78, 5) is 0. The Balaban J connectivity index is 2.05. The monoisotopic (exact) mass is 263 g/mol. The maximum absolute atomic E-state index is 13.7. The molecule has 0 radical (unpaired) electrons. The van der Waals surface area contributed by atoms with Crippen molar-refractivity contribution in [3.8, 4) is 5.75 Å². The lowest BCUT2D eigenvalue weighted by Gasteiger charge is -2.15. The smallest absolute Gasteiger partial charge is 0.131 e. The van der Waals surface area contributed by atoms with Crippen molar-refractivity contribution in [3.63, 3.8) is 0 Å². The van der Waals surface area contributed by atoms with Crippen molar-refractivity contribution in [2.45, 2.75) is 26.4 Å². The predicted molar refractivity (Wildman–Crippen MR) is 71.3 cm³/mol. The van der Waals surface area contributed by atoms with Gasteiger partial charge in [-0.2, -0.15) is 5.10 Å². The highest BCUT2D eigenvalue weighted by Gasteiger charge is 2.12. The van der Waals surface area contributed by atoms with Gasteiger partial charge in [0.15, 0.2) is 0 Å². The van der Waals surface area contributed by atoms with Crippen LogP contribution in [0.25, 0.3) is 0 Å². The van der Waals surface area contributed by atoms with Crippen molar-refractivity contribution in [2.24, 2.45) is 7.05 Å². The molecule has 0 aliphatic rings. The number of nitrogens with one attached hydrogen (secondary N) is 1. The van der Waals surface area contributed by atoms with E-state index in [1.54, 1.807) is 6.07 Å². The van der Waals surface area contributed by atoms with E-state index in [2.05, 4.69) is 10.4 Å². The van der Waals surface area contributed by atoms with Crippen LogP contribution in [0.2, 0.25) is 0 Å². The van der Waals surface area contributed by atoms with E-state index >= 15 is 0 Å². The molecule has 0 aliphatic carbocycles. The summed E-state index contributed by atoms with van der Waals surface area (Å²) in [5, 5.41) is 16.6. The van der Waals surface area contributed by atoms with Crippen LogP contribution >= 0.6 is 0 Å². The van der Waals surface area contributed by atoms with Crippen LogP contribution < -0.4 is 5.32 Å². The van der Waals surface area contributed by atoms with E-state index in [1.807, 2.05) is 31.8 Å². The maximum atomic E-state index is 13.7. The third-order valence-corrected chi connectivity index (χ3v) is 3.39. The number of rotatable bonds is 4. The fraction of sp³-hybridized carbons (Fsp3) is 0.357. The van der Waals surface area contributed by atoms with Gasteiger partial charge in [-0.25, -0.2) is 4.39 Å². The zero-order chi connectivity index (χ0) is 14.0. The summed E-state index contributed by atoms with van der Waals surface area (Å²) in [5.41, 5.74) is 2.72. The molecule has 5 heteroatoms. The molecule has 0 fully saturated rings. The number of nitrogens with zero attached hydrogens (tertiary/aromatic N) is 2. The molecule has 2 aromatic rings. The molecule has 0 spiro atoms. The van der Waals surface area contributed by atoms with Crippen LogP contribution in [0.4, 0.5) is 4.39 Å². The van der Waals surface area contributed by atoms with Crippen LogP contribution in [0.15, 0.2) is 24.4 Å². The molecule has 1 aromatic carbocycles. The van der Waals surface area contributed by atoms with Gasteiger partial charge in [0.25, 0.3) is 0 Å². The lowest BCUT2D eigenvalue weighted by molar-refractivity contribution is 0.463. The number of phenols is 1. The van der Waals surface area contributed by atoms with E-state index in [9.17, 15) is 9.50 Å². The molecule has 0 saturated heterocycles. The average Bonchev–Trinajstić information content (AvgIpc) is 2.67. The van der Waals surface area contributed by atoms with Gasteiger partial charge in [-0.05, 0) is 19.9 Å². The summed E-state index contributed by atoms with van der Waals surface area (Å²) in [6.45, 7) is 4.51. The molecule has 2 N–H and O–H groups in total. The Bertz CT molecular complexity index is 580. The maximum Gasteiger partial charge on any atom is 0.131 e. The number of aryl methyl sites for hydroxylation is 1. The lowest BCUT2D eigenvalue weighted by Crippen LogP contribution is -2.19. The van der Waals surface area contributed by atoms with Crippen molar-refractivity contribution < 1.29 is 9.50 Å². The van der Waals surface area contributed by atoms with Crippen LogP contribution in [0.3, 0.4) is 0 Å². The van der Waals surface area contributed by atoms with Gasteiger partial charge >= 0.3 is 0 Å². The molecule has 0 amide bonds. The summed E-state index contributed by atoms with van der Waals surface area (Å²) >= 11 is 0. The fourth-order valence-corrected chi connectivity index (χ4v) is 1.96. The van der Waals surface area contributed by atoms with Gasteiger partial charge in [-0.3, -0.25) is 4.68 Å². The molecule has 0 bridgehead atoms. The average molecular weight is 263 g/mol. The number of halogens is 1. The van der Waals surface area contributed by atoms with Crippen molar-refractivity contribution in [3.05, 3.63) is 47.0 Å². The van der Waals surface area contributed by atoms with Gasteiger partial charge < -0.3 is 10.4 Å². The first-order valence-corrected chi connectivity index (χ1v) is 6.18. The molecule has 1 heterocycles. The van der Waals surface area contributed by atoms with Crippen LogP contribution in [0.5, 0.6) is 5.75 Å². The Labute approximate surface area is 111 Å². The molecule has 2 rings (SSSR count). The fourth-order valence-electron chi connectivity index (χ4n) is 1.96. The second kappa shape index (κ2) is 5.40. The normalized spacial score (nSPS) is 12.6. The SMILES string of the molecule is Cc1c(CNC(C)c2ccc(O)cc2F)cnn1C. The Kier molecular flexibility index (Phi) is 3.85. The summed E-state index contributed by atoms with van der Waals surface area (Å²) in [7, 11) is 1.89. The third-order valence-electron chi connectivity index (χ3n) is 3.39. The summed E-state index contributed by atoms with van der Waals surface area (Å²) in [6.07, 6.45) is 1.81. The van der Waals surface area contributed by atoms with E-state index in [-0.39, 0.29) is 11.8 Å². The lowest BCUT2D eigenvalue weighted by atomic mass is 10.1. The quantitative estimate of drug-likeness (QED) is 0.890. The highest BCUT2D eigenvalue weighted by molar-refractivity contribution is 5.29. The second-order valence-electron chi connectivity index (χ2n) is 4.69. The van der Waals surface area contributed by atoms with Crippen LogP contribution in [0.1, 0.15) is 29.8 Å². The molecular weight excluding hydrogens is 245 g/mol. The van der Waals surface area contributed by atoms with Gasteiger partial charge in [0, 0.05) is 42.5 Å². The predicted octanol–water partition coefficient (Wildman–Crippen LogP) is 2.42. The Hall–Kier alpha value is -1.88. The molecule has 1 unspecified atom stereocenters. The van der Waals surface area contributed by atoms with E-state index in [0.29, 0.717) is 12.1 Å². The van der Waals surface area contributed by atoms with Crippen molar-refractivity contribution in [1.82, 2.24) is 15.1 Å². The highest BCUT2D eigenvalue weighted by atomic mass is 19.1. The van der Waals surface area contributed by atoms with E-state index < -0.39 is 5.82 Å². The number of aromatic nitrogens is 2. The van der Waals surface area contributed by atoms with Crippen molar-refractivity contribution in [1.29, 1.82) is 0 Å². The number of phenolic OH excluding ortho intramolecular Hbond substituents is 1. The van der Waals surface area contributed by atoms with Crippen LogP contribution in [-0.2, 0) is 13.6 Å². The highest BCUT2D eigenvalue weighted by Crippen LogP contribution is 2.21. The zero-order valence-corrected chi connectivity index (χ0v) is 11.3. The molecule has 1 aromatic heterocycles. The molecule has 0 aliphatic heterocycles. The minimum absolute atomic E-state index is 0.0587. The van der Waals surface area contributed by atoms with Gasteiger partial charge in [0.2, 0.25) is 0 Å². The first-order valence-electron chi connectivity index (χ1n) is 6.18.